The highest BCUT2D eigenvalue weighted by Gasteiger charge is 2.20. The lowest BCUT2D eigenvalue weighted by atomic mass is 10.1. The maximum atomic E-state index is 9.63. The van der Waals surface area contributed by atoms with Crippen LogP contribution in [0.1, 0.15) is 0 Å². The Balaban J connectivity index is 2.83. The molecule has 0 unspecified atom stereocenters. The maximum Gasteiger partial charge on any atom is 0.154 e. The zero-order valence-corrected chi connectivity index (χ0v) is 14.5. The van der Waals surface area contributed by atoms with Crippen molar-refractivity contribution in [2.24, 2.45) is 0 Å². The largest absolute Gasteiger partial charge is 0.505 e. The fourth-order valence-corrected chi connectivity index (χ4v) is 3.16. The van der Waals surface area contributed by atoms with Crippen molar-refractivity contribution in [2.45, 2.75) is 0 Å². The first kappa shape index (κ1) is 16.6. The van der Waals surface area contributed by atoms with Crippen LogP contribution in [0.25, 0.3) is 11.1 Å². The van der Waals surface area contributed by atoms with Gasteiger partial charge in [-0.2, -0.15) is 0 Å². The number of phenolic OH excluding ortho intramolecular Hbond substituents is 1. The summed E-state index contributed by atoms with van der Waals surface area (Å²) in [6, 6.07) is 2.90. The summed E-state index contributed by atoms with van der Waals surface area (Å²) in [5, 5.41) is 10.2. The van der Waals surface area contributed by atoms with E-state index in [1.165, 1.54) is 12.1 Å². The summed E-state index contributed by atoms with van der Waals surface area (Å²) in [4.78, 5) is 0. The summed E-state index contributed by atoms with van der Waals surface area (Å²) in [6.45, 7) is 0. The highest BCUT2D eigenvalue weighted by Crippen LogP contribution is 2.48. The Labute approximate surface area is 149 Å². The quantitative estimate of drug-likeness (QED) is 0.378. The van der Waals surface area contributed by atoms with E-state index in [1.807, 2.05) is 0 Å². The molecule has 2 aromatic rings. The van der Waals surface area contributed by atoms with Gasteiger partial charge in [0.25, 0.3) is 0 Å². The molecule has 0 aliphatic heterocycles. The topological polar surface area (TPSA) is 20.2 Å². The van der Waals surface area contributed by atoms with E-state index in [2.05, 4.69) is 0 Å². The second-order valence-electron chi connectivity index (χ2n) is 3.73. The lowest BCUT2D eigenvalue weighted by molar-refractivity contribution is 0.476. The third kappa shape index (κ3) is 2.78. The Kier molecular flexibility index (Phi) is 5.14. The van der Waals surface area contributed by atoms with Gasteiger partial charge in [0.15, 0.2) is 5.75 Å². The van der Waals surface area contributed by atoms with Crippen LogP contribution >= 0.6 is 81.2 Å². The van der Waals surface area contributed by atoms with Gasteiger partial charge >= 0.3 is 0 Å². The lowest BCUT2D eigenvalue weighted by Gasteiger charge is -2.13. The molecule has 0 saturated carbocycles. The summed E-state index contributed by atoms with van der Waals surface area (Å²) in [5.74, 6) is -0.315. The minimum Gasteiger partial charge on any atom is -0.505 e. The van der Waals surface area contributed by atoms with E-state index >= 15 is 0 Å². The second-order valence-corrected chi connectivity index (χ2v) is 6.43. The molecule has 0 fully saturated rings. The van der Waals surface area contributed by atoms with Crippen LogP contribution in [0.2, 0.25) is 35.2 Å². The number of phenols is 1. The molecule has 0 aromatic heterocycles. The molecule has 1 N–H and O–H groups in total. The van der Waals surface area contributed by atoms with Crippen LogP contribution in [0.3, 0.4) is 0 Å². The Morgan fingerprint density at radius 2 is 1.00 bits per heavy atom. The number of hydrogen-bond acceptors (Lipinski definition) is 1. The lowest BCUT2D eigenvalue weighted by Crippen LogP contribution is -1.87. The number of benzene rings is 2. The third-order valence-corrected chi connectivity index (χ3v) is 5.42. The van der Waals surface area contributed by atoms with Crippen LogP contribution in [0.15, 0.2) is 12.1 Å². The Bertz CT molecular complexity index is 650. The maximum absolute atomic E-state index is 9.63. The predicted octanol–water partition coefficient (Wildman–Crippen LogP) is 7.63. The molecule has 0 radical (unpaired) electrons. The van der Waals surface area contributed by atoms with Crippen molar-refractivity contribution in [1.82, 2.24) is 0 Å². The van der Waals surface area contributed by atoms with Gasteiger partial charge in [-0.15, -0.1) is 0 Å². The summed E-state index contributed by atoms with van der Waals surface area (Å²) in [5.41, 5.74) is 0.782. The molecule has 0 atom stereocenters. The molecule has 1 nitrogen and oxygen atoms in total. The molecule has 0 spiro atoms. The van der Waals surface area contributed by atoms with Gasteiger partial charge in [0.1, 0.15) is 5.02 Å². The minimum absolute atomic E-state index is 0.0210. The molecule has 0 aliphatic rings. The van der Waals surface area contributed by atoms with Crippen LogP contribution < -0.4 is 0 Å². The molecule has 0 heterocycles. The number of hydrogen-bond donors (Lipinski definition) is 1. The summed E-state index contributed by atoms with van der Waals surface area (Å²) < 4.78 is 0. The van der Waals surface area contributed by atoms with Crippen molar-refractivity contribution in [3.05, 3.63) is 47.3 Å². The van der Waals surface area contributed by atoms with E-state index in [4.69, 9.17) is 81.2 Å². The minimum atomic E-state index is -0.315. The van der Waals surface area contributed by atoms with Gasteiger partial charge in [0, 0.05) is 11.1 Å². The van der Waals surface area contributed by atoms with Crippen molar-refractivity contribution in [3.8, 4) is 16.9 Å². The fraction of sp³-hybridized carbons (Fsp3) is 0. The number of aromatic hydroxyl groups is 1. The third-order valence-electron chi connectivity index (χ3n) is 2.53. The van der Waals surface area contributed by atoms with Gasteiger partial charge < -0.3 is 5.11 Å². The zero-order valence-electron chi connectivity index (χ0n) is 9.25. The molecule has 0 amide bonds. The normalized spacial score (nSPS) is 10.9. The molecule has 2 aromatic carbocycles. The van der Waals surface area contributed by atoms with E-state index in [0.29, 0.717) is 11.1 Å². The first-order valence-electron chi connectivity index (χ1n) is 4.95. The molecule has 2 rings (SSSR count). The van der Waals surface area contributed by atoms with Crippen molar-refractivity contribution >= 4 is 81.2 Å². The zero-order chi connectivity index (χ0) is 15.2. The van der Waals surface area contributed by atoms with Crippen molar-refractivity contribution in [2.75, 3.05) is 0 Å². The van der Waals surface area contributed by atoms with Crippen LogP contribution in [-0.4, -0.2) is 5.11 Å². The first-order valence-corrected chi connectivity index (χ1v) is 7.60. The monoisotopic (exact) mass is 408 g/mol. The number of rotatable bonds is 1. The highest BCUT2D eigenvalue weighted by molar-refractivity contribution is 6.53. The van der Waals surface area contributed by atoms with Gasteiger partial charge in [-0.1, -0.05) is 81.2 Å². The highest BCUT2D eigenvalue weighted by atomic mass is 35.5. The molecular formula is C12H3Cl7O. The first-order chi connectivity index (χ1) is 9.25. The van der Waals surface area contributed by atoms with Crippen LogP contribution in [0, 0.1) is 0 Å². The smallest absolute Gasteiger partial charge is 0.154 e. The Morgan fingerprint density at radius 1 is 0.550 bits per heavy atom. The fourth-order valence-electron chi connectivity index (χ4n) is 1.55. The van der Waals surface area contributed by atoms with E-state index < -0.39 is 0 Å². The molecule has 0 aliphatic carbocycles. The van der Waals surface area contributed by atoms with Gasteiger partial charge in [-0.25, -0.2) is 0 Å². The Morgan fingerprint density at radius 3 is 1.55 bits per heavy atom. The van der Waals surface area contributed by atoms with Crippen molar-refractivity contribution in [1.29, 1.82) is 0 Å². The van der Waals surface area contributed by atoms with E-state index in [-0.39, 0.29) is 40.9 Å². The Hall–Kier alpha value is 0.270. The van der Waals surface area contributed by atoms with E-state index in [0.717, 1.165) is 0 Å². The summed E-state index contributed by atoms with van der Waals surface area (Å²) >= 11 is 41.9. The van der Waals surface area contributed by atoms with Gasteiger partial charge in [-0.05, 0) is 12.1 Å². The average molecular weight is 411 g/mol. The molecule has 20 heavy (non-hydrogen) atoms. The standard InChI is InChI=1S/C12H3Cl7O/c13-5-1-3(7(15)10(18)9(5)17)4-2-6(14)12(20)11(19)8(4)16/h1-2,20H. The molecule has 0 bridgehead atoms. The molecule has 0 saturated heterocycles. The molecular weight excluding hydrogens is 408 g/mol. The van der Waals surface area contributed by atoms with Crippen molar-refractivity contribution in [3.63, 3.8) is 0 Å². The van der Waals surface area contributed by atoms with Crippen molar-refractivity contribution < 1.29 is 5.11 Å². The predicted molar refractivity (Wildman–Crippen MR) is 88.6 cm³/mol. The summed E-state index contributed by atoms with van der Waals surface area (Å²) in [7, 11) is 0. The second kappa shape index (κ2) is 6.18. The van der Waals surface area contributed by atoms with E-state index in [9.17, 15) is 5.11 Å². The average Bonchev–Trinajstić information content (AvgIpc) is 2.42. The summed E-state index contributed by atoms with van der Waals surface area (Å²) in [6.07, 6.45) is 0. The van der Waals surface area contributed by atoms with E-state index in [1.54, 1.807) is 0 Å². The SMILES string of the molecule is Oc1c(Cl)cc(-c2cc(Cl)c(Cl)c(Cl)c2Cl)c(Cl)c1Cl. The molecule has 8 heteroatoms. The molecule has 106 valence electrons. The van der Waals surface area contributed by atoms with Gasteiger partial charge in [-0.3, -0.25) is 0 Å². The van der Waals surface area contributed by atoms with Gasteiger partial charge in [0.2, 0.25) is 0 Å². The van der Waals surface area contributed by atoms with Crippen LogP contribution in [0.5, 0.6) is 5.75 Å². The van der Waals surface area contributed by atoms with Crippen LogP contribution in [0.4, 0.5) is 0 Å². The number of halogens is 7. The van der Waals surface area contributed by atoms with Gasteiger partial charge in [0.05, 0.1) is 30.1 Å². The van der Waals surface area contributed by atoms with Crippen LogP contribution in [-0.2, 0) is 0 Å².